The van der Waals surface area contributed by atoms with Crippen molar-refractivity contribution in [3.8, 4) is 11.8 Å². The van der Waals surface area contributed by atoms with E-state index >= 15 is 0 Å². The Hall–Kier alpha value is -1.57. The maximum absolute atomic E-state index is 8.69. The number of aliphatic hydroxyl groups excluding tert-OH is 1. The zero-order valence-corrected chi connectivity index (χ0v) is 10.0. The molecule has 0 radical (unpaired) electrons. The van der Waals surface area contributed by atoms with Gasteiger partial charge in [-0.3, -0.25) is 0 Å². The van der Waals surface area contributed by atoms with Gasteiger partial charge in [-0.1, -0.05) is 12.1 Å². The number of ether oxygens (including phenoxy) is 1. The molecule has 1 unspecified atom stereocenters. The molecule has 0 aliphatic rings. The number of hydrogen-bond acceptors (Lipinski definition) is 4. The van der Waals surface area contributed by atoms with Crippen molar-refractivity contribution in [3.63, 3.8) is 0 Å². The molecule has 92 valence electrons. The van der Waals surface area contributed by atoms with Gasteiger partial charge in [0.2, 0.25) is 0 Å². The first-order valence-corrected chi connectivity index (χ1v) is 5.72. The van der Waals surface area contributed by atoms with Crippen LogP contribution >= 0.6 is 0 Å². The molecular weight excluding hydrogens is 216 g/mol. The van der Waals surface area contributed by atoms with Crippen molar-refractivity contribution < 1.29 is 9.84 Å². The molecule has 0 bridgehead atoms. The Labute approximate surface area is 102 Å². The van der Waals surface area contributed by atoms with E-state index in [0.29, 0.717) is 5.75 Å². The van der Waals surface area contributed by atoms with Crippen molar-refractivity contribution in [1.82, 2.24) is 5.32 Å². The summed E-state index contributed by atoms with van der Waals surface area (Å²) >= 11 is 0. The highest BCUT2D eigenvalue weighted by Gasteiger charge is 2.04. The van der Waals surface area contributed by atoms with Crippen molar-refractivity contribution in [2.24, 2.45) is 0 Å². The van der Waals surface area contributed by atoms with Crippen molar-refractivity contribution in [2.45, 2.75) is 19.4 Å². The minimum absolute atomic E-state index is 0.0731. The van der Waals surface area contributed by atoms with Crippen LogP contribution in [0.2, 0.25) is 0 Å². The van der Waals surface area contributed by atoms with Crippen LogP contribution in [0, 0.1) is 11.3 Å². The summed E-state index contributed by atoms with van der Waals surface area (Å²) in [5, 5.41) is 20.4. The van der Waals surface area contributed by atoms with Crippen LogP contribution < -0.4 is 10.1 Å². The average molecular weight is 234 g/mol. The van der Waals surface area contributed by atoms with Crippen LogP contribution in [0.4, 0.5) is 0 Å². The van der Waals surface area contributed by atoms with Crippen LogP contribution in [-0.2, 0) is 0 Å². The fourth-order valence-corrected chi connectivity index (χ4v) is 1.48. The molecule has 0 aliphatic heterocycles. The lowest BCUT2D eigenvalue weighted by Gasteiger charge is -2.14. The second-order valence-corrected chi connectivity index (χ2v) is 3.77. The number of benzene rings is 1. The number of hydrogen-bond donors (Lipinski definition) is 2. The zero-order chi connectivity index (χ0) is 12.5. The van der Waals surface area contributed by atoms with E-state index in [0.717, 1.165) is 18.5 Å². The van der Waals surface area contributed by atoms with E-state index < -0.39 is 0 Å². The van der Waals surface area contributed by atoms with Gasteiger partial charge in [0.05, 0.1) is 0 Å². The third-order valence-electron chi connectivity index (χ3n) is 2.47. The van der Waals surface area contributed by atoms with Crippen molar-refractivity contribution >= 4 is 0 Å². The first kappa shape index (κ1) is 13.5. The van der Waals surface area contributed by atoms with Gasteiger partial charge in [-0.25, -0.2) is 0 Å². The van der Waals surface area contributed by atoms with Gasteiger partial charge in [-0.05, 0) is 37.6 Å². The van der Waals surface area contributed by atoms with Crippen LogP contribution in [0.25, 0.3) is 0 Å². The van der Waals surface area contributed by atoms with Crippen LogP contribution in [-0.4, -0.2) is 24.9 Å². The molecule has 1 aromatic carbocycles. The van der Waals surface area contributed by atoms with Gasteiger partial charge in [0.25, 0.3) is 0 Å². The van der Waals surface area contributed by atoms with E-state index in [1.165, 1.54) is 0 Å². The molecule has 0 heterocycles. The quantitative estimate of drug-likeness (QED) is 0.704. The zero-order valence-electron chi connectivity index (χ0n) is 10.0. The topological polar surface area (TPSA) is 65.3 Å². The van der Waals surface area contributed by atoms with Gasteiger partial charge in [-0.2, -0.15) is 5.26 Å². The van der Waals surface area contributed by atoms with E-state index in [1.807, 2.05) is 30.3 Å². The second kappa shape index (κ2) is 7.66. The molecule has 0 amide bonds. The molecule has 0 spiro atoms. The van der Waals surface area contributed by atoms with Crippen molar-refractivity contribution in [3.05, 3.63) is 29.8 Å². The van der Waals surface area contributed by atoms with Crippen LogP contribution in [0.15, 0.2) is 24.3 Å². The van der Waals surface area contributed by atoms with Crippen molar-refractivity contribution in [2.75, 3.05) is 19.8 Å². The maximum atomic E-state index is 8.69. The number of nitrogens with one attached hydrogen (secondary N) is 1. The molecule has 4 nitrogen and oxygen atoms in total. The Kier molecular flexibility index (Phi) is 6.08. The molecule has 1 rings (SSSR count). The fourth-order valence-electron chi connectivity index (χ4n) is 1.48. The fraction of sp³-hybridized carbons (Fsp3) is 0.462. The third kappa shape index (κ3) is 4.85. The molecule has 0 fully saturated rings. The van der Waals surface area contributed by atoms with Crippen LogP contribution in [0.1, 0.15) is 24.9 Å². The maximum Gasteiger partial charge on any atom is 0.174 e. The van der Waals surface area contributed by atoms with E-state index in [-0.39, 0.29) is 19.3 Å². The standard InChI is InChI=1S/C13H18N2O2/c1-11(15-8-2-9-16)12-3-5-13(6-4-12)17-10-7-14/h3-6,11,15-16H,2,8-10H2,1H3. The Morgan fingerprint density at radius 1 is 1.41 bits per heavy atom. The SMILES string of the molecule is CC(NCCCO)c1ccc(OCC#N)cc1. The highest BCUT2D eigenvalue weighted by Crippen LogP contribution is 2.17. The van der Waals surface area contributed by atoms with Gasteiger partial charge in [-0.15, -0.1) is 0 Å². The molecule has 0 saturated heterocycles. The summed E-state index contributed by atoms with van der Waals surface area (Å²) < 4.78 is 5.17. The lowest BCUT2D eigenvalue weighted by atomic mass is 10.1. The Bertz CT molecular complexity index is 357. The highest BCUT2D eigenvalue weighted by atomic mass is 16.5. The van der Waals surface area contributed by atoms with Gasteiger partial charge >= 0.3 is 0 Å². The molecule has 0 saturated carbocycles. The minimum atomic E-state index is 0.0731. The smallest absolute Gasteiger partial charge is 0.174 e. The summed E-state index contributed by atoms with van der Waals surface area (Å²) in [7, 11) is 0. The molecule has 4 heteroatoms. The van der Waals surface area contributed by atoms with E-state index in [9.17, 15) is 0 Å². The van der Waals surface area contributed by atoms with Gasteiger partial charge in [0.15, 0.2) is 6.61 Å². The summed E-state index contributed by atoms with van der Waals surface area (Å²) in [4.78, 5) is 0. The van der Waals surface area contributed by atoms with Crippen LogP contribution in [0.5, 0.6) is 5.75 Å². The Morgan fingerprint density at radius 3 is 2.71 bits per heavy atom. The predicted octanol–water partition coefficient (Wildman–Crippen LogP) is 1.62. The summed E-state index contributed by atoms with van der Waals surface area (Å²) in [5.41, 5.74) is 1.16. The highest BCUT2D eigenvalue weighted by molar-refractivity contribution is 5.29. The third-order valence-corrected chi connectivity index (χ3v) is 2.47. The van der Waals surface area contributed by atoms with Gasteiger partial charge in [0.1, 0.15) is 11.8 Å². The summed E-state index contributed by atoms with van der Waals surface area (Å²) in [6.45, 7) is 3.15. The Balaban J connectivity index is 2.46. The first-order valence-electron chi connectivity index (χ1n) is 5.72. The largest absolute Gasteiger partial charge is 0.479 e. The predicted molar refractivity (Wildman–Crippen MR) is 65.7 cm³/mol. The summed E-state index contributed by atoms with van der Waals surface area (Å²) in [6, 6.07) is 9.84. The molecule has 0 aromatic heterocycles. The monoisotopic (exact) mass is 234 g/mol. The summed E-state index contributed by atoms with van der Waals surface area (Å²) in [6.07, 6.45) is 0.758. The number of nitriles is 1. The molecular formula is C13H18N2O2. The molecule has 0 aliphatic carbocycles. The first-order chi connectivity index (χ1) is 8.27. The van der Waals surface area contributed by atoms with E-state index in [4.69, 9.17) is 15.1 Å². The van der Waals surface area contributed by atoms with Crippen molar-refractivity contribution in [1.29, 1.82) is 5.26 Å². The number of aliphatic hydroxyl groups is 1. The normalized spacial score (nSPS) is 11.8. The Morgan fingerprint density at radius 2 is 2.12 bits per heavy atom. The summed E-state index contributed by atoms with van der Waals surface area (Å²) in [5.74, 6) is 0.706. The molecule has 2 N–H and O–H groups in total. The minimum Gasteiger partial charge on any atom is -0.479 e. The van der Waals surface area contributed by atoms with Gasteiger partial charge < -0.3 is 15.2 Å². The number of rotatable bonds is 7. The lowest BCUT2D eigenvalue weighted by molar-refractivity contribution is 0.284. The molecule has 17 heavy (non-hydrogen) atoms. The van der Waals surface area contributed by atoms with Crippen LogP contribution in [0.3, 0.4) is 0 Å². The lowest BCUT2D eigenvalue weighted by Crippen LogP contribution is -2.20. The second-order valence-electron chi connectivity index (χ2n) is 3.77. The van der Waals surface area contributed by atoms with E-state index in [1.54, 1.807) is 0 Å². The van der Waals surface area contributed by atoms with Gasteiger partial charge in [0, 0.05) is 12.6 Å². The average Bonchev–Trinajstić information content (AvgIpc) is 2.37. The van der Waals surface area contributed by atoms with E-state index in [2.05, 4.69) is 12.2 Å². The number of nitrogens with zero attached hydrogens (tertiary/aromatic N) is 1. The molecule has 1 aromatic rings. The molecule has 1 atom stereocenters.